The van der Waals surface area contributed by atoms with Crippen LogP contribution < -0.4 is 10.1 Å². The van der Waals surface area contributed by atoms with E-state index in [2.05, 4.69) is 30.2 Å². The number of anilines is 1. The summed E-state index contributed by atoms with van der Waals surface area (Å²) in [7, 11) is 1.59. The van der Waals surface area contributed by atoms with Gasteiger partial charge in [0, 0.05) is 33.6 Å². The van der Waals surface area contributed by atoms with Crippen LogP contribution >= 0.6 is 22.9 Å². The number of imidazole rings is 1. The molecule has 11 heteroatoms. The first kappa shape index (κ1) is 23.0. The molecule has 0 aliphatic heterocycles. The van der Waals surface area contributed by atoms with E-state index >= 15 is 0 Å². The SMILES string of the molecule is COc1cn2cncc2cc1-c1cc(C)ncc1C(=O)Nc1nc2ncc(-c3ccc(Cl)cc3)nc2s1. The van der Waals surface area contributed by atoms with E-state index in [4.69, 9.17) is 16.3 Å². The number of carbonyl (C=O) groups is 1. The normalized spacial score (nSPS) is 11.2. The van der Waals surface area contributed by atoms with Crippen molar-refractivity contribution in [2.45, 2.75) is 6.92 Å². The van der Waals surface area contributed by atoms with Crippen LogP contribution in [-0.4, -0.2) is 42.3 Å². The fraction of sp³-hybridized carbons (Fsp3) is 0.0769. The number of nitrogens with one attached hydrogen (secondary N) is 1. The lowest BCUT2D eigenvalue weighted by Crippen LogP contribution is -2.14. The van der Waals surface area contributed by atoms with Crippen molar-refractivity contribution in [1.29, 1.82) is 0 Å². The fourth-order valence-corrected chi connectivity index (χ4v) is 4.90. The minimum absolute atomic E-state index is 0.352. The van der Waals surface area contributed by atoms with Crippen LogP contribution in [0.1, 0.15) is 16.1 Å². The Bertz CT molecular complexity index is 1800. The number of halogens is 1. The van der Waals surface area contributed by atoms with Crippen LogP contribution in [0.15, 0.2) is 67.5 Å². The molecule has 0 bridgehead atoms. The van der Waals surface area contributed by atoms with Crippen molar-refractivity contribution in [3.63, 3.8) is 0 Å². The van der Waals surface area contributed by atoms with Gasteiger partial charge in [0.15, 0.2) is 15.6 Å². The summed E-state index contributed by atoms with van der Waals surface area (Å²) in [4.78, 5) is 36.1. The lowest BCUT2D eigenvalue weighted by Gasteiger charge is -2.14. The van der Waals surface area contributed by atoms with Crippen molar-refractivity contribution in [3.8, 4) is 28.1 Å². The third-order valence-corrected chi connectivity index (χ3v) is 6.89. The molecule has 1 aromatic carbocycles. The molecule has 0 unspecified atom stereocenters. The average Bonchev–Trinajstić information content (AvgIpc) is 3.53. The monoisotopic (exact) mass is 527 g/mol. The Kier molecular flexibility index (Phi) is 5.74. The summed E-state index contributed by atoms with van der Waals surface area (Å²) in [6.07, 6.45) is 8.48. The topological polar surface area (TPSA) is 107 Å². The van der Waals surface area contributed by atoms with Gasteiger partial charge in [-0.15, -0.1) is 0 Å². The zero-order chi connectivity index (χ0) is 25.5. The fourth-order valence-electron chi connectivity index (χ4n) is 3.99. The van der Waals surface area contributed by atoms with Gasteiger partial charge in [0.05, 0.1) is 48.8 Å². The first-order valence-electron chi connectivity index (χ1n) is 11.2. The van der Waals surface area contributed by atoms with Gasteiger partial charge >= 0.3 is 0 Å². The van der Waals surface area contributed by atoms with E-state index in [9.17, 15) is 4.79 Å². The van der Waals surface area contributed by atoms with E-state index in [0.717, 1.165) is 22.3 Å². The number of methoxy groups -OCH3 is 1. The van der Waals surface area contributed by atoms with Crippen LogP contribution in [0.3, 0.4) is 0 Å². The second-order valence-corrected chi connectivity index (χ2v) is 9.63. The Morgan fingerprint density at radius 1 is 1.05 bits per heavy atom. The van der Waals surface area contributed by atoms with Crippen LogP contribution in [0.25, 0.3) is 38.4 Å². The van der Waals surface area contributed by atoms with Crippen molar-refractivity contribution in [2.75, 3.05) is 12.4 Å². The number of hydrogen-bond donors (Lipinski definition) is 1. The summed E-state index contributed by atoms with van der Waals surface area (Å²) in [6.45, 7) is 1.87. The van der Waals surface area contributed by atoms with E-state index in [1.165, 1.54) is 11.3 Å². The number of hydrogen-bond acceptors (Lipinski definition) is 8. The van der Waals surface area contributed by atoms with Crippen molar-refractivity contribution in [3.05, 3.63) is 83.8 Å². The number of fused-ring (bicyclic) bond motifs is 2. The second kappa shape index (κ2) is 9.23. The Balaban J connectivity index is 1.35. The number of aromatic nitrogens is 6. The third kappa shape index (κ3) is 4.37. The zero-order valence-electron chi connectivity index (χ0n) is 19.6. The van der Waals surface area contributed by atoms with Crippen LogP contribution in [0.2, 0.25) is 5.02 Å². The Morgan fingerprint density at radius 3 is 2.70 bits per heavy atom. The molecule has 0 saturated carbocycles. The molecule has 5 heterocycles. The number of thiazole rings is 1. The zero-order valence-corrected chi connectivity index (χ0v) is 21.2. The van der Waals surface area contributed by atoms with Gasteiger partial charge in [0.2, 0.25) is 0 Å². The number of amides is 1. The van der Waals surface area contributed by atoms with Crippen LogP contribution in [-0.2, 0) is 0 Å². The van der Waals surface area contributed by atoms with Gasteiger partial charge < -0.3 is 9.14 Å². The number of nitrogens with zero attached hydrogens (tertiary/aromatic N) is 6. The molecular weight excluding hydrogens is 510 g/mol. The molecule has 0 spiro atoms. The number of rotatable bonds is 5. The quantitative estimate of drug-likeness (QED) is 0.307. The molecule has 0 aliphatic rings. The van der Waals surface area contributed by atoms with E-state index in [0.29, 0.717) is 43.2 Å². The second-order valence-electron chi connectivity index (χ2n) is 8.22. The number of carbonyl (C=O) groups excluding carboxylic acids is 1. The lowest BCUT2D eigenvalue weighted by molar-refractivity contribution is 0.102. The number of pyridine rings is 2. The maximum absolute atomic E-state index is 13.4. The maximum Gasteiger partial charge on any atom is 0.259 e. The Labute approximate surface area is 219 Å². The van der Waals surface area contributed by atoms with Crippen molar-refractivity contribution in [1.82, 2.24) is 29.3 Å². The van der Waals surface area contributed by atoms with Crippen LogP contribution in [0.4, 0.5) is 5.13 Å². The summed E-state index contributed by atoms with van der Waals surface area (Å²) >= 11 is 7.24. The molecule has 1 N–H and O–H groups in total. The van der Waals surface area contributed by atoms with Gasteiger partial charge in [0.25, 0.3) is 5.91 Å². The lowest BCUT2D eigenvalue weighted by atomic mass is 10.00. The molecule has 37 heavy (non-hydrogen) atoms. The molecule has 0 fully saturated rings. The highest BCUT2D eigenvalue weighted by atomic mass is 35.5. The van der Waals surface area contributed by atoms with E-state index < -0.39 is 0 Å². The maximum atomic E-state index is 13.4. The van der Waals surface area contributed by atoms with Crippen LogP contribution in [0, 0.1) is 6.92 Å². The van der Waals surface area contributed by atoms with Crippen molar-refractivity contribution >= 4 is 50.0 Å². The van der Waals surface area contributed by atoms with Gasteiger partial charge in [-0.2, -0.15) is 4.98 Å². The van der Waals surface area contributed by atoms with Gasteiger partial charge in [-0.1, -0.05) is 35.1 Å². The molecular formula is C26H18ClN7O2S. The molecule has 0 aliphatic carbocycles. The molecule has 182 valence electrons. The highest BCUT2D eigenvalue weighted by molar-refractivity contribution is 7.21. The summed E-state index contributed by atoms with van der Waals surface area (Å²) in [6, 6.07) is 11.1. The molecule has 5 aromatic heterocycles. The summed E-state index contributed by atoms with van der Waals surface area (Å²) in [5, 5.41) is 3.92. The summed E-state index contributed by atoms with van der Waals surface area (Å²) in [5.41, 5.74) is 5.50. The van der Waals surface area contributed by atoms with Crippen LogP contribution in [0.5, 0.6) is 5.75 Å². The average molecular weight is 528 g/mol. The van der Waals surface area contributed by atoms with E-state index in [-0.39, 0.29) is 5.91 Å². The molecule has 0 atom stereocenters. The predicted octanol–water partition coefficient (Wildman–Crippen LogP) is 5.69. The van der Waals surface area contributed by atoms with Gasteiger partial charge in [-0.05, 0) is 31.2 Å². The van der Waals surface area contributed by atoms with E-state index in [1.807, 2.05) is 41.8 Å². The van der Waals surface area contributed by atoms with Crippen molar-refractivity contribution in [2.24, 2.45) is 0 Å². The largest absolute Gasteiger partial charge is 0.495 e. The van der Waals surface area contributed by atoms with Gasteiger partial charge in [0.1, 0.15) is 5.75 Å². The number of ether oxygens (including phenoxy) is 1. The minimum Gasteiger partial charge on any atom is -0.495 e. The molecule has 1 amide bonds. The Hall–Kier alpha value is -4.41. The first-order valence-corrected chi connectivity index (χ1v) is 12.4. The van der Waals surface area contributed by atoms with Crippen molar-refractivity contribution < 1.29 is 9.53 Å². The Morgan fingerprint density at radius 2 is 1.89 bits per heavy atom. The number of benzene rings is 1. The molecule has 9 nitrogen and oxygen atoms in total. The standard InChI is InChI=1S/C26H18ClN7O2S/c1-14-7-18(19-8-17-9-28-13-34(17)12-22(19)36-2)20(10-29-14)24(35)33-26-32-23-25(37-26)31-21(11-30-23)15-3-5-16(27)6-4-15/h3-13H,1-2H3,(H,30,32,33,35). The first-order chi connectivity index (χ1) is 18.0. The number of aryl methyl sites for hydroxylation is 1. The van der Waals surface area contributed by atoms with Gasteiger partial charge in [-0.3, -0.25) is 15.1 Å². The smallest absolute Gasteiger partial charge is 0.259 e. The highest BCUT2D eigenvalue weighted by Crippen LogP contribution is 2.34. The third-order valence-electron chi connectivity index (χ3n) is 5.79. The molecule has 6 aromatic rings. The summed E-state index contributed by atoms with van der Waals surface area (Å²) < 4.78 is 7.49. The summed E-state index contributed by atoms with van der Waals surface area (Å²) in [5.74, 6) is 0.253. The highest BCUT2D eigenvalue weighted by Gasteiger charge is 2.20. The molecule has 6 rings (SSSR count). The minimum atomic E-state index is -0.352. The molecule has 0 radical (unpaired) electrons. The predicted molar refractivity (Wildman–Crippen MR) is 143 cm³/mol. The molecule has 0 saturated heterocycles. The van der Waals surface area contributed by atoms with E-state index in [1.54, 1.807) is 44.2 Å². The van der Waals surface area contributed by atoms with Gasteiger partial charge in [-0.25, -0.2) is 15.0 Å².